The van der Waals surface area contributed by atoms with Crippen LogP contribution in [0.1, 0.15) is 5.56 Å². The summed E-state index contributed by atoms with van der Waals surface area (Å²) in [6.45, 7) is 0.602. The number of rotatable bonds is 3. The predicted molar refractivity (Wildman–Crippen MR) is 86.3 cm³/mol. The Morgan fingerprint density at radius 1 is 1.13 bits per heavy atom. The van der Waals surface area contributed by atoms with Crippen LogP contribution in [0.4, 0.5) is 15.9 Å². The molecule has 0 aliphatic carbocycles. The van der Waals surface area contributed by atoms with Gasteiger partial charge in [0, 0.05) is 29.9 Å². The molecule has 0 bridgehead atoms. The van der Waals surface area contributed by atoms with Crippen LogP contribution in [-0.2, 0) is 6.42 Å². The zero-order valence-corrected chi connectivity index (χ0v) is 12.3. The minimum Gasteiger partial charge on any atom is -0.489 e. The molecule has 0 saturated carbocycles. The molecule has 4 rings (SSSR count). The normalized spacial score (nSPS) is 12.6. The highest BCUT2D eigenvalue weighted by molar-refractivity contribution is 5.76. The van der Waals surface area contributed by atoms with Crippen LogP contribution in [0.2, 0.25) is 0 Å². The third-order valence-electron chi connectivity index (χ3n) is 3.80. The number of halogens is 1. The largest absolute Gasteiger partial charge is 0.489 e. The molecule has 1 N–H and O–H groups in total. The van der Waals surface area contributed by atoms with Gasteiger partial charge in [-0.3, -0.25) is 4.98 Å². The Morgan fingerprint density at radius 3 is 2.91 bits per heavy atom. The van der Waals surface area contributed by atoms with E-state index in [0.29, 0.717) is 12.4 Å². The number of aromatic nitrogens is 2. The van der Waals surface area contributed by atoms with Crippen molar-refractivity contribution < 1.29 is 9.13 Å². The van der Waals surface area contributed by atoms with E-state index in [1.165, 1.54) is 12.1 Å². The summed E-state index contributed by atoms with van der Waals surface area (Å²) in [6, 6.07) is 10.3. The van der Waals surface area contributed by atoms with Crippen molar-refractivity contribution in [2.45, 2.75) is 6.42 Å². The van der Waals surface area contributed by atoms with Crippen LogP contribution in [0.15, 0.2) is 55.0 Å². The number of fused-ring (bicyclic) bond motifs is 1. The molecule has 114 valence electrons. The van der Waals surface area contributed by atoms with Crippen molar-refractivity contribution in [3.05, 3.63) is 66.4 Å². The third kappa shape index (κ3) is 2.61. The van der Waals surface area contributed by atoms with E-state index < -0.39 is 0 Å². The van der Waals surface area contributed by atoms with Crippen LogP contribution in [0.25, 0.3) is 11.1 Å². The Bertz CT molecular complexity index is 852. The van der Waals surface area contributed by atoms with E-state index in [2.05, 4.69) is 15.3 Å². The van der Waals surface area contributed by atoms with Gasteiger partial charge in [0.1, 0.15) is 5.82 Å². The SMILES string of the molecule is Fc1cccc(-c2cnc(Nc3cccnc3)c3c2CCO3)c1. The lowest BCUT2D eigenvalue weighted by Crippen LogP contribution is -1.98. The summed E-state index contributed by atoms with van der Waals surface area (Å²) in [5.74, 6) is 1.13. The first-order chi connectivity index (χ1) is 11.3. The first-order valence-electron chi connectivity index (χ1n) is 7.39. The van der Waals surface area contributed by atoms with Crippen LogP contribution in [-0.4, -0.2) is 16.6 Å². The lowest BCUT2D eigenvalue weighted by atomic mass is 10.00. The Balaban J connectivity index is 1.76. The van der Waals surface area contributed by atoms with Gasteiger partial charge in [-0.1, -0.05) is 12.1 Å². The lowest BCUT2D eigenvalue weighted by molar-refractivity contribution is 0.357. The van der Waals surface area contributed by atoms with Crippen LogP contribution >= 0.6 is 0 Å². The van der Waals surface area contributed by atoms with E-state index in [1.54, 1.807) is 24.7 Å². The molecule has 5 heteroatoms. The number of hydrogen-bond donors (Lipinski definition) is 1. The molecule has 1 aliphatic heterocycles. The maximum atomic E-state index is 13.5. The number of anilines is 2. The van der Waals surface area contributed by atoms with Crippen LogP contribution in [0.3, 0.4) is 0 Å². The van der Waals surface area contributed by atoms with Crippen LogP contribution in [0.5, 0.6) is 5.75 Å². The van der Waals surface area contributed by atoms with Crippen molar-refractivity contribution in [2.75, 3.05) is 11.9 Å². The van der Waals surface area contributed by atoms with Gasteiger partial charge in [-0.15, -0.1) is 0 Å². The van der Waals surface area contributed by atoms with Crippen molar-refractivity contribution in [3.8, 4) is 16.9 Å². The number of hydrogen-bond acceptors (Lipinski definition) is 4. The lowest BCUT2D eigenvalue weighted by Gasteiger charge is -2.12. The van der Waals surface area contributed by atoms with Gasteiger partial charge in [-0.2, -0.15) is 0 Å². The molecule has 4 nitrogen and oxygen atoms in total. The number of nitrogens with one attached hydrogen (secondary N) is 1. The Labute approximate surface area is 133 Å². The Kier molecular flexibility index (Phi) is 3.38. The summed E-state index contributed by atoms with van der Waals surface area (Å²) in [4.78, 5) is 8.54. The van der Waals surface area contributed by atoms with Gasteiger partial charge >= 0.3 is 0 Å². The molecule has 0 spiro atoms. The van der Waals surface area contributed by atoms with Crippen molar-refractivity contribution in [1.82, 2.24) is 9.97 Å². The zero-order valence-electron chi connectivity index (χ0n) is 12.3. The van der Waals surface area contributed by atoms with Crippen LogP contribution < -0.4 is 10.1 Å². The maximum Gasteiger partial charge on any atom is 0.173 e. The van der Waals surface area contributed by atoms with E-state index >= 15 is 0 Å². The fourth-order valence-electron chi connectivity index (χ4n) is 2.76. The second-order valence-corrected chi connectivity index (χ2v) is 5.30. The first kappa shape index (κ1) is 13.7. The Morgan fingerprint density at radius 2 is 2.09 bits per heavy atom. The van der Waals surface area contributed by atoms with Crippen LogP contribution in [0, 0.1) is 5.82 Å². The van der Waals surface area contributed by atoms with Gasteiger partial charge in [0.2, 0.25) is 0 Å². The fraction of sp³-hybridized carbons (Fsp3) is 0.111. The molecule has 0 radical (unpaired) electrons. The molecule has 3 aromatic rings. The minimum absolute atomic E-state index is 0.257. The van der Waals surface area contributed by atoms with E-state index in [4.69, 9.17) is 4.74 Å². The average molecular weight is 307 g/mol. The minimum atomic E-state index is -0.257. The van der Waals surface area contributed by atoms with Crippen molar-refractivity contribution in [3.63, 3.8) is 0 Å². The molecule has 1 aromatic carbocycles. The summed E-state index contributed by atoms with van der Waals surface area (Å²) in [5.41, 5.74) is 3.62. The summed E-state index contributed by atoms with van der Waals surface area (Å²) in [5, 5.41) is 3.22. The number of ether oxygens (including phenoxy) is 1. The highest BCUT2D eigenvalue weighted by Crippen LogP contribution is 2.39. The molecule has 3 heterocycles. The van der Waals surface area contributed by atoms with Gasteiger partial charge in [0.25, 0.3) is 0 Å². The topological polar surface area (TPSA) is 47.0 Å². The molecule has 0 fully saturated rings. The van der Waals surface area contributed by atoms with E-state index in [1.807, 2.05) is 18.2 Å². The summed E-state index contributed by atoms with van der Waals surface area (Å²) < 4.78 is 19.3. The summed E-state index contributed by atoms with van der Waals surface area (Å²) in [6.07, 6.45) is 5.99. The molecule has 23 heavy (non-hydrogen) atoms. The van der Waals surface area contributed by atoms with Crippen molar-refractivity contribution in [1.29, 1.82) is 0 Å². The molecule has 0 amide bonds. The first-order valence-corrected chi connectivity index (χ1v) is 7.39. The van der Waals surface area contributed by atoms with E-state index in [0.717, 1.165) is 34.5 Å². The van der Waals surface area contributed by atoms with E-state index in [9.17, 15) is 4.39 Å². The highest BCUT2D eigenvalue weighted by atomic mass is 19.1. The highest BCUT2D eigenvalue weighted by Gasteiger charge is 2.22. The molecule has 0 atom stereocenters. The number of benzene rings is 1. The second-order valence-electron chi connectivity index (χ2n) is 5.30. The monoisotopic (exact) mass is 307 g/mol. The van der Waals surface area contributed by atoms with Gasteiger partial charge in [0.05, 0.1) is 18.5 Å². The predicted octanol–water partition coefficient (Wildman–Crippen LogP) is 3.96. The quantitative estimate of drug-likeness (QED) is 0.795. The fourth-order valence-corrected chi connectivity index (χ4v) is 2.76. The van der Waals surface area contributed by atoms with Gasteiger partial charge in [-0.25, -0.2) is 9.37 Å². The van der Waals surface area contributed by atoms with Gasteiger partial charge in [-0.05, 0) is 29.8 Å². The number of pyridine rings is 2. The summed E-state index contributed by atoms with van der Waals surface area (Å²) >= 11 is 0. The van der Waals surface area contributed by atoms with E-state index in [-0.39, 0.29) is 5.82 Å². The van der Waals surface area contributed by atoms with Gasteiger partial charge < -0.3 is 10.1 Å². The maximum absolute atomic E-state index is 13.5. The summed E-state index contributed by atoms with van der Waals surface area (Å²) in [7, 11) is 0. The molecule has 0 saturated heterocycles. The number of nitrogens with zero attached hydrogens (tertiary/aromatic N) is 2. The van der Waals surface area contributed by atoms with Crippen molar-refractivity contribution >= 4 is 11.5 Å². The molecular weight excluding hydrogens is 293 g/mol. The zero-order chi connectivity index (χ0) is 15.6. The Hall–Kier alpha value is -2.95. The molecular formula is C18H14FN3O. The van der Waals surface area contributed by atoms with Gasteiger partial charge in [0.15, 0.2) is 11.6 Å². The third-order valence-corrected chi connectivity index (χ3v) is 3.80. The molecule has 2 aromatic heterocycles. The standard InChI is InChI=1S/C18H14FN3O/c19-13-4-1-3-12(9-13)16-11-21-18(17-15(16)6-8-23-17)22-14-5-2-7-20-10-14/h1-5,7,9-11H,6,8H2,(H,21,22). The molecule has 1 aliphatic rings. The molecule has 0 unspecified atom stereocenters. The average Bonchev–Trinajstić information content (AvgIpc) is 3.06. The second kappa shape index (κ2) is 5.68. The smallest absolute Gasteiger partial charge is 0.173 e. The van der Waals surface area contributed by atoms with Crippen molar-refractivity contribution in [2.24, 2.45) is 0 Å².